The third-order valence-electron chi connectivity index (χ3n) is 2.62. The summed E-state index contributed by atoms with van der Waals surface area (Å²) in [7, 11) is 1.73. The number of rotatable bonds is 6. The second kappa shape index (κ2) is 6.77. The molecule has 1 aromatic carbocycles. The fourth-order valence-electron chi connectivity index (χ4n) is 1.87. The largest absolute Gasteiger partial charge is 0.496 e. The maximum Gasteiger partial charge on any atom is 0.122 e. The molecule has 0 heterocycles. The number of aryl methyl sites for hydroxylation is 2. The van der Waals surface area contributed by atoms with Crippen LogP contribution in [0.4, 0.5) is 0 Å². The Kier molecular flexibility index (Phi) is 5.64. The van der Waals surface area contributed by atoms with Gasteiger partial charge in [-0.2, -0.15) is 0 Å². The van der Waals surface area contributed by atoms with Gasteiger partial charge in [0.25, 0.3) is 0 Å². The molecule has 0 radical (unpaired) electrons. The van der Waals surface area contributed by atoms with Crippen LogP contribution in [0.5, 0.6) is 5.75 Å². The lowest BCUT2D eigenvalue weighted by atomic mass is 10.0. The van der Waals surface area contributed by atoms with Crippen molar-refractivity contribution in [1.29, 1.82) is 0 Å². The lowest BCUT2D eigenvalue weighted by molar-refractivity contribution is 0.408. The Balaban J connectivity index is 2.70. The van der Waals surface area contributed by atoms with E-state index in [-0.39, 0.29) is 0 Å². The highest BCUT2D eigenvalue weighted by molar-refractivity contribution is 6.18. The molecule has 0 spiro atoms. The normalized spacial score (nSPS) is 10.5. The summed E-state index contributed by atoms with van der Waals surface area (Å²) >= 11 is 5.61. The Hall–Kier alpha value is -0.730. The highest BCUT2D eigenvalue weighted by Crippen LogP contribution is 2.24. The first kappa shape index (κ1) is 13.3. The van der Waals surface area contributed by atoms with Crippen LogP contribution < -0.4 is 10.1 Å². The second-order valence-electron chi connectivity index (χ2n) is 3.95. The van der Waals surface area contributed by atoms with Crippen LogP contribution in [0.25, 0.3) is 0 Å². The Morgan fingerprint density at radius 3 is 2.62 bits per heavy atom. The summed E-state index contributed by atoms with van der Waals surface area (Å²) in [6.07, 6.45) is 0.978. The lowest BCUT2D eigenvalue weighted by Crippen LogP contribution is -2.20. The summed E-state index contributed by atoms with van der Waals surface area (Å²) in [4.78, 5) is 0. The Morgan fingerprint density at radius 2 is 2.00 bits per heavy atom. The summed E-state index contributed by atoms with van der Waals surface area (Å²) in [5.74, 6) is 1.65. The Morgan fingerprint density at radius 1 is 1.25 bits per heavy atom. The summed E-state index contributed by atoms with van der Waals surface area (Å²) in [6.45, 7) is 6.01. The van der Waals surface area contributed by atoms with Crippen LogP contribution in [-0.2, 0) is 6.42 Å². The first-order valence-electron chi connectivity index (χ1n) is 5.59. The molecule has 2 nitrogen and oxygen atoms in total. The van der Waals surface area contributed by atoms with Crippen molar-refractivity contribution >= 4 is 11.6 Å². The molecule has 0 unspecified atom stereocenters. The van der Waals surface area contributed by atoms with Gasteiger partial charge in [0, 0.05) is 12.4 Å². The zero-order chi connectivity index (χ0) is 12.0. The van der Waals surface area contributed by atoms with Crippen molar-refractivity contribution in [2.75, 3.05) is 26.1 Å². The zero-order valence-corrected chi connectivity index (χ0v) is 11.0. The van der Waals surface area contributed by atoms with Crippen molar-refractivity contribution in [3.63, 3.8) is 0 Å². The SMILES string of the molecule is COc1cc(C)cc(C)c1CCNCCCl. The van der Waals surface area contributed by atoms with Gasteiger partial charge in [0.2, 0.25) is 0 Å². The van der Waals surface area contributed by atoms with Gasteiger partial charge in [0.1, 0.15) is 5.75 Å². The number of nitrogens with one attached hydrogen (secondary N) is 1. The number of halogens is 1. The van der Waals surface area contributed by atoms with Crippen molar-refractivity contribution in [2.45, 2.75) is 20.3 Å². The number of methoxy groups -OCH3 is 1. The fourth-order valence-corrected chi connectivity index (χ4v) is 2.00. The highest BCUT2D eigenvalue weighted by Gasteiger charge is 2.06. The van der Waals surface area contributed by atoms with Gasteiger partial charge in [-0.15, -0.1) is 11.6 Å². The minimum absolute atomic E-state index is 0.657. The first-order chi connectivity index (χ1) is 7.69. The lowest BCUT2D eigenvalue weighted by Gasteiger charge is -2.13. The van der Waals surface area contributed by atoms with E-state index >= 15 is 0 Å². The summed E-state index contributed by atoms with van der Waals surface area (Å²) in [5, 5.41) is 3.29. The maximum atomic E-state index is 5.61. The minimum atomic E-state index is 0.657. The molecule has 0 saturated carbocycles. The van der Waals surface area contributed by atoms with Gasteiger partial charge in [-0.25, -0.2) is 0 Å². The summed E-state index contributed by atoms with van der Waals surface area (Å²) in [5.41, 5.74) is 3.83. The molecule has 3 heteroatoms. The standard InChI is InChI=1S/C13H20ClNO/c1-10-8-11(2)12(13(9-10)16-3)4-6-15-7-5-14/h8-9,15H,4-7H2,1-3H3. The molecule has 0 aliphatic heterocycles. The molecule has 0 aliphatic carbocycles. The van der Waals surface area contributed by atoms with E-state index in [0.29, 0.717) is 5.88 Å². The van der Waals surface area contributed by atoms with E-state index in [1.54, 1.807) is 7.11 Å². The molecule has 0 atom stereocenters. The Bertz CT molecular complexity index is 339. The fraction of sp³-hybridized carbons (Fsp3) is 0.538. The Labute approximate surface area is 103 Å². The van der Waals surface area contributed by atoms with Crippen molar-refractivity contribution < 1.29 is 4.74 Å². The van der Waals surface area contributed by atoms with Crippen LogP contribution in [0, 0.1) is 13.8 Å². The molecule has 0 bridgehead atoms. The molecule has 0 saturated heterocycles. The molecule has 0 fully saturated rings. The first-order valence-corrected chi connectivity index (χ1v) is 6.13. The van der Waals surface area contributed by atoms with Crippen LogP contribution in [0.15, 0.2) is 12.1 Å². The number of alkyl halides is 1. The highest BCUT2D eigenvalue weighted by atomic mass is 35.5. The average molecular weight is 242 g/mol. The molecule has 0 aliphatic rings. The predicted octanol–water partition coefficient (Wildman–Crippen LogP) is 2.68. The van der Waals surface area contributed by atoms with Gasteiger partial charge < -0.3 is 10.1 Å². The molecule has 1 N–H and O–H groups in total. The van der Waals surface area contributed by atoms with E-state index in [9.17, 15) is 0 Å². The maximum absolute atomic E-state index is 5.61. The monoisotopic (exact) mass is 241 g/mol. The van der Waals surface area contributed by atoms with Crippen molar-refractivity contribution in [3.8, 4) is 5.75 Å². The van der Waals surface area contributed by atoms with Gasteiger partial charge in [-0.3, -0.25) is 0 Å². The third kappa shape index (κ3) is 3.69. The molecule has 1 aromatic rings. The molecule has 0 amide bonds. The molecular weight excluding hydrogens is 222 g/mol. The van der Waals surface area contributed by atoms with Crippen LogP contribution >= 0.6 is 11.6 Å². The van der Waals surface area contributed by atoms with Gasteiger partial charge in [0.15, 0.2) is 0 Å². The average Bonchev–Trinajstić information content (AvgIpc) is 2.26. The van der Waals surface area contributed by atoms with Gasteiger partial charge in [-0.1, -0.05) is 6.07 Å². The van der Waals surface area contributed by atoms with Crippen LogP contribution in [-0.4, -0.2) is 26.1 Å². The van der Waals surface area contributed by atoms with E-state index in [4.69, 9.17) is 16.3 Å². The van der Waals surface area contributed by atoms with Crippen molar-refractivity contribution in [1.82, 2.24) is 5.32 Å². The number of hydrogen-bond donors (Lipinski definition) is 1. The predicted molar refractivity (Wildman–Crippen MR) is 69.8 cm³/mol. The molecule has 1 rings (SSSR count). The molecule has 16 heavy (non-hydrogen) atoms. The molecule has 90 valence electrons. The number of benzene rings is 1. The number of ether oxygens (including phenoxy) is 1. The van der Waals surface area contributed by atoms with Crippen LogP contribution in [0.2, 0.25) is 0 Å². The van der Waals surface area contributed by atoms with Gasteiger partial charge in [-0.05, 0) is 49.6 Å². The molecule has 0 aromatic heterocycles. The van der Waals surface area contributed by atoms with Gasteiger partial charge >= 0.3 is 0 Å². The third-order valence-corrected chi connectivity index (χ3v) is 2.81. The van der Waals surface area contributed by atoms with Crippen molar-refractivity contribution in [2.24, 2.45) is 0 Å². The topological polar surface area (TPSA) is 21.3 Å². The van der Waals surface area contributed by atoms with E-state index in [1.807, 2.05) is 0 Å². The van der Waals surface area contributed by atoms with E-state index in [2.05, 4.69) is 31.3 Å². The summed E-state index contributed by atoms with van der Waals surface area (Å²) < 4.78 is 5.41. The second-order valence-corrected chi connectivity index (χ2v) is 4.33. The number of hydrogen-bond acceptors (Lipinski definition) is 2. The quantitative estimate of drug-likeness (QED) is 0.611. The summed E-state index contributed by atoms with van der Waals surface area (Å²) in [6, 6.07) is 4.28. The smallest absolute Gasteiger partial charge is 0.122 e. The van der Waals surface area contributed by atoms with E-state index in [0.717, 1.165) is 25.3 Å². The van der Waals surface area contributed by atoms with Crippen LogP contribution in [0.1, 0.15) is 16.7 Å². The van der Waals surface area contributed by atoms with E-state index in [1.165, 1.54) is 16.7 Å². The zero-order valence-electron chi connectivity index (χ0n) is 10.3. The van der Waals surface area contributed by atoms with E-state index < -0.39 is 0 Å². The van der Waals surface area contributed by atoms with Crippen molar-refractivity contribution in [3.05, 3.63) is 28.8 Å². The molecular formula is C13H20ClNO. The van der Waals surface area contributed by atoms with Gasteiger partial charge in [0.05, 0.1) is 7.11 Å². The van der Waals surface area contributed by atoms with Crippen LogP contribution in [0.3, 0.4) is 0 Å². The minimum Gasteiger partial charge on any atom is -0.496 e.